The smallest absolute Gasteiger partial charge is 0.261 e. The minimum atomic E-state index is -0.534. The van der Waals surface area contributed by atoms with Gasteiger partial charge in [0.15, 0.2) is 6.61 Å². The van der Waals surface area contributed by atoms with Gasteiger partial charge in [0.2, 0.25) is 5.91 Å². The summed E-state index contributed by atoms with van der Waals surface area (Å²) in [4.78, 5) is 24.6. The number of carbonyl (C=O) groups is 2. The van der Waals surface area contributed by atoms with Crippen molar-refractivity contribution in [2.24, 2.45) is 5.73 Å². The Morgan fingerprint density at radius 2 is 1.82 bits per heavy atom. The van der Waals surface area contributed by atoms with Crippen LogP contribution in [-0.4, -0.2) is 35.9 Å². The Labute approximate surface area is 129 Å². The van der Waals surface area contributed by atoms with Gasteiger partial charge in [-0.3, -0.25) is 9.59 Å². The predicted molar refractivity (Wildman–Crippen MR) is 85.5 cm³/mol. The number of hydrogen-bond donors (Lipinski definition) is 1. The van der Waals surface area contributed by atoms with Crippen LogP contribution in [0.5, 0.6) is 5.75 Å². The number of carbonyl (C=O) groups excluding carboxylic acids is 2. The first kappa shape index (κ1) is 15.8. The lowest BCUT2D eigenvalue weighted by molar-refractivity contribution is -0.138. The van der Waals surface area contributed by atoms with Crippen LogP contribution in [0.1, 0.15) is 13.8 Å². The molecule has 0 radical (unpaired) electrons. The summed E-state index contributed by atoms with van der Waals surface area (Å²) in [6.07, 6.45) is 0. The molecule has 0 aliphatic heterocycles. The van der Waals surface area contributed by atoms with Crippen molar-refractivity contribution < 1.29 is 14.3 Å². The first-order valence-electron chi connectivity index (χ1n) is 7.16. The van der Waals surface area contributed by atoms with E-state index in [-0.39, 0.29) is 25.1 Å². The van der Waals surface area contributed by atoms with E-state index >= 15 is 0 Å². The normalized spacial score (nSPS) is 10.7. The number of fused-ring (bicyclic) bond motifs is 1. The maximum atomic E-state index is 12.2. The first-order valence-corrected chi connectivity index (χ1v) is 7.16. The maximum absolute atomic E-state index is 12.2. The highest BCUT2D eigenvalue weighted by atomic mass is 16.5. The molecule has 0 heterocycles. The molecule has 2 N–H and O–H groups in total. The number of amides is 2. The van der Waals surface area contributed by atoms with Gasteiger partial charge >= 0.3 is 0 Å². The first-order chi connectivity index (χ1) is 10.5. The Hall–Kier alpha value is -2.56. The summed E-state index contributed by atoms with van der Waals surface area (Å²) in [5.74, 6) is -0.176. The van der Waals surface area contributed by atoms with Crippen molar-refractivity contribution in [1.29, 1.82) is 0 Å². The van der Waals surface area contributed by atoms with Gasteiger partial charge in [-0.2, -0.15) is 0 Å². The van der Waals surface area contributed by atoms with E-state index in [0.29, 0.717) is 5.75 Å². The van der Waals surface area contributed by atoms with Crippen molar-refractivity contribution in [3.8, 4) is 5.75 Å². The van der Waals surface area contributed by atoms with Gasteiger partial charge in [-0.1, -0.05) is 30.3 Å². The molecule has 5 nitrogen and oxygen atoms in total. The van der Waals surface area contributed by atoms with Gasteiger partial charge in [0.1, 0.15) is 5.75 Å². The molecule has 2 amide bonds. The Bertz CT molecular complexity index is 682. The molecule has 22 heavy (non-hydrogen) atoms. The number of nitrogens with zero attached hydrogens (tertiary/aromatic N) is 1. The van der Waals surface area contributed by atoms with Crippen LogP contribution in [0.4, 0.5) is 0 Å². The lowest BCUT2D eigenvalue weighted by Gasteiger charge is -2.25. The molecule has 0 spiro atoms. The van der Waals surface area contributed by atoms with E-state index in [1.165, 1.54) is 4.90 Å². The zero-order valence-corrected chi connectivity index (χ0v) is 12.8. The maximum Gasteiger partial charge on any atom is 0.261 e. The molecule has 0 aliphatic rings. The Balaban J connectivity index is 2.03. The van der Waals surface area contributed by atoms with E-state index in [9.17, 15) is 9.59 Å². The lowest BCUT2D eigenvalue weighted by atomic mass is 10.1. The van der Waals surface area contributed by atoms with Crippen molar-refractivity contribution in [2.45, 2.75) is 19.9 Å². The molecule has 0 saturated carbocycles. The average Bonchev–Trinajstić information content (AvgIpc) is 2.49. The summed E-state index contributed by atoms with van der Waals surface area (Å²) in [7, 11) is 0. The standard InChI is InChI=1S/C17H20N2O3/c1-12(2)19(10-16(18)20)17(21)11-22-15-8-7-13-5-3-4-6-14(13)9-15/h3-9,12H,10-11H2,1-2H3,(H2,18,20). The van der Waals surface area contributed by atoms with Crippen molar-refractivity contribution in [3.05, 3.63) is 42.5 Å². The van der Waals surface area contributed by atoms with Gasteiger partial charge in [0.25, 0.3) is 5.91 Å². The van der Waals surface area contributed by atoms with Gasteiger partial charge in [0, 0.05) is 6.04 Å². The van der Waals surface area contributed by atoms with Crippen molar-refractivity contribution >= 4 is 22.6 Å². The fourth-order valence-corrected chi connectivity index (χ4v) is 2.21. The zero-order valence-electron chi connectivity index (χ0n) is 12.8. The number of nitrogens with two attached hydrogens (primary N) is 1. The van der Waals surface area contributed by atoms with E-state index in [0.717, 1.165) is 10.8 Å². The second-order valence-electron chi connectivity index (χ2n) is 5.38. The number of rotatable bonds is 6. The van der Waals surface area contributed by atoms with Crippen LogP contribution in [0, 0.1) is 0 Å². The molecule has 0 aromatic heterocycles. The van der Waals surface area contributed by atoms with Crippen LogP contribution in [0.15, 0.2) is 42.5 Å². The summed E-state index contributed by atoms with van der Waals surface area (Å²) in [6, 6.07) is 13.5. The molecule has 2 aromatic carbocycles. The number of primary amides is 1. The van der Waals surface area contributed by atoms with Crippen LogP contribution < -0.4 is 10.5 Å². The highest BCUT2D eigenvalue weighted by Crippen LogP contribution is 2.20. The highest BCUT2D eigenvalue weighted by molar-refractivity contribution is 5.85. The summed E-state index contributed by atoms with van der Waals surface area (Å²) < 4.78 is 5.55. The van der Waals surface area contributed by atoms with Crippen LogP contribution >= 0.6 is 0 Å². The molecule has 0 bridgehead atoms. The van der Waals surface area contributed by atoms with Crippen molar-refractivity contribution in [2.75, 3.05) is 13.2 Å². The van der Waals surface area contributed by atoms with Gasteiger partial charge in [-0.15, -0.1) is 0 Å². The van der Waals surface area contributed by atoms with Gasteiger partial charge in [-0.25, -0.2) is 0 Å². The summed E-state index contributed by atoms with van der Waals surface area (Å²) in [6.45, 7) is 3.44. The molecular weight excluding hydrogens is 280 g/mol. The number of benzene rings is 2. The van der Waals surface area contributed by atoms with Crippen molar-refractivity contribution in [1.82, 2.24) is 4.90 Å². The van der Waals surface area contributed by atoms with E-state index in [1.807, 2.05) is 56.3 Å². The summed E-state index contributed by atoms with van der Waals surface area (Å²) in [5, 5.41) is 2.16. The molecule has 5 heteroatoms. The van der Waals surface area contributed by atoms with Crippen molar-refractivity contribution in [3.63, 3.8) is 0 Å². The number of ether oxygens (including phenoxy) is 1. The van der Waals surface area contributed by atoms with E-state index in [4.69, 9.17) is 10.5 Å². The monoisotopic (exact) mass is 300 g/mol. The largest absolute Gasteiger partial charge is 0.484 e. The molecule has 0 atom stereocenters. The lowest BCUT2D eigenvalue weighted by Crippen LogP contribution is -2.44. The molecular formula is C17H20N2O3. The summed E-state index contributed by atoms with van der Waals surface area (Å²) >= 11 is 0. The SMILES string of the molecule is CC(C)N(CC(N)=O)C(=O)COc1ccc2ccccc2c1. The molecule has 2 aromatic rings. The Morgan fingerprint density at radius 3 is 2.45 bits per heavy atom. The van der Waals surface area contributed by atoms with Crippen LogP contribution in [0.2, 0.25) is 0 Å². The van der Waals surface area contributed by atoms with Gasteiger partial charge < -0.3 is 15.4 Å². The van der Waals surface area contributed by atoms with E-state index in [2.05, 4.69) is 0 Å². The second kappa shape index (κ2) is 6.93. The van der Waals surface area contributed by atoms with Crippen LogP contribution in [0.3, 0.4) is 0 Å². The third-order valence-electron chi connectivity index (χ3n) is 3.35. The van der Waals surface area contributed by atoms with Gasteiger partial charge in [0.05, 0.1) is 6.54 Å². The van der Waals surface area contributed by atoms with E-state index < -0.39 is 5.91 Å². The third-order valence-corrected chi connectivity index (χ3v) is 3.35. The van der Waals surface area contributed by atoms with Crippen LogP contribution in [-0.2, 0) is 9.59 Å². The number of hydrogen-bond acceptors (Lipinski definition) is 3. The second-order valence-corrected chi connectivity index (χ2v) is 5.38. The Kier molecular flexibility index (Phi) is 4.99. The summed E-state index contributed by atoms with van der Waals surface area (Å²) in [5.41, 5.74) is 5.16. The van der Waals surface area contributed by atoms with E-state index in [1.54, 1.807) is 0 Å². The third kappa shape index (κ3) is 3.97. The molecule has 0 unspecified atom stereocenters. The molecule has 0 saturated heterocycles. The molecule has 0 aliphatic carbocycles. The Morgan fingerprint density at radius 1 is 1.14 bits per heavy atom. The minimum Gasteiger partial charge on any atom is -0.484 e. The average molecular weight is 300 g/mol. The minimum absolute atomic E-state index is 0.0996. The topological polar surface area (TPSA) is 72.6 Å². The van der Waals surface area contributed by atoms with Gasteiger partial charge in [-0.05, 0) is 36.8 Å². The quantitative estimate of drug-likeness (QED) is 0.886. The predicted octanol–water partition coefficient (Wildman–Crippen LogP) is 1.94. The molecule has 0 fully saturated rings. The fraction of sp³-hybridized carbons (Fsp3) is 0.294. The highest BCUT2D eigenvalue weighted by Gasteiger charge is 2.19. The van der Waals surface area contributed by atoms with Crippen LogP contribution in [0.25, 0.3) is 10.8 Å². The fourth-order valence-electron chi connectivity index (χ4n) is 2.21. The molecule has 2 rings (SSSR count). The zero-order chi connectivity index (χ0) is 16.1. The molecule has 116 valence electrons.